The van der Waals surface area contributed by atoms with Crippen molar-refractivity contribution in [2.45, 2.75) is 122 Å². The van der Waals surface area contributed by atoms with Crippen LogP contribution in [0, 0.1) is 0 Å². The van der Waals surface area contributed by atoms with Gasteiger partial charge in [-0.15, -0.1) is 11.6 Å². The highest BCUT2D eigenvalue weighted by molar-refractivity contribution is 6.17. The molecule has 308 valence electrons. The van der Waals surface area contributed by atoms with Gasteiger partial charge in [-0.1, -0.05) is 103 Å². The van der Waals surface area contributed by atoms with Gasteiger partial charge in [0.25, 0.3) is 0 Å². The molecule has 51 heavy (non-hydrogen) atoms. The lowest BCUT2D eigenvalue weighted by atomic mass is 10.0. The Bertz CT molecular complexity index is 545. The molecule has 0 aliphatic rings. The lowest BCUT2D eigenvalue weighted by Crippen LogP contribution is -2.15. The first-order valence-electron chi connectivity index (χ1n) is 20.7. The molecule has 11 heteroatoms. The molecule has 0 saturated carbocycles. The molecule has 10 nitrogen and oxygen atoms in total. The minimum absolute atomic E-state index is 0.530. The Morgan fingerprint density at radius 3 is 0.608 bits per heavy atom. The summed E-state index contributed by atoms with van der Waals surface area (Å²) in [6.45, 7) is 14.0. The summed E-state index contributed by atoms with van der Waals surface area (Å²) < 4.78 is 55.4. The second-order valence-electron chi connectivity index (χ2n) is 12.8. The van der Waals surface area contributed by atoms with Crippen LogP contribution in [0.15, 0.2) is 0 Å². The van der Waals surface area contributed by atoms with Crippen LogP contribution in [-0.2, 0) is 47.4 Å². The third kappa shape index (κ3) is 49.9. The van der Waals surface area contributed by atoms with E-state index in [1.165, 1.54) is 96.3 Å². The largest absolute Gasteiger partial charge is 0.379 e. The summed E-state index contributed by atoms with van der Waals surface area (Å²) in [5.41, 5.74) is 0. The molecule has 0 N–H and O–H groups in total. The average molecular weight is 758 g/mol. The maximum Gasteiger partial charge on any atom is 0.0701 e. The van der Waals surface area contributed by atoms with Gasteiger partial charge in [0.1, 0.15) is 0 Å². The molecule has 0 atom stereocenters. The summed E-state index contributed by atoms with van der Waals surface area (Å²) in [5.74, 6) is 0.747. The summed E-state index contributed by atoms with van der Waals surface area (Å²) in [6, 6.07) is 0. The monoisotopic (exact) mass is 757 g/mol. The molecule has 0 unspecified atom stereocenters. The predicted octanol–water partition coefficient (Wildman–Crippen LogP) is 8.43. The summed E-state index contributed by atoms with van der Waals surface area (Å²) in [5, 5.41) is 0. The SMILES string of the molecule is CCCCCCCCCCCCCCCCOCCOCCOCCOCCOCCOCCOCCOCCOCCOCCCCCCCl. The van der Waals surface area contributed by atoms with Gasteiger partial charge in [-0.3, -0.25) is 0 Å². The molecule has 0 aromatic carbocycles. The predicted molar refractivity (Wildman–Crippen MR) is 208 cm³/mol. The Morgan fingerprint density at radius 2 is 0.392 bits per heavy atom. The minimum atomic E-state index is 0.530. The number of halogens is 1. The summed E-state index contributed by atoms with van der Waals surface area (Å²) in [7, 11) is 0. The lowest BCUT2D eigenvalue weighted by Gasteiger charge is -2.09. The number of alkyl halides is 1. The van der Waals surface area contributed by atoms with Crippen molar-refractivity contribution in [1.29, 1.82) is 0 Å². The fraction of sp³-hybridized carbons (Fsp3) is 1.00. The zero-order chi connectivity index (χ0) is 36.6. The van der Waals surface area contributed by atoms with E-state index in [0.29, 0.717) is 119 Å². The zero-order valence-electron chi connectivity index (χ0n) is 33.0. The fourth-order valence-corrected chi connectivity index (χ4v) is 5.32. The average Bonchev–Trinajstić information content (AvgIpc) is 3.14. The number of ether oxygens (including phenoxy) is 10. The normalized spacial score (nSPS) is 11.6. The van der Waals surface area contributed by atoms with Crippen LogP contribution >= 0.6 is 11.6 Å². The molecule has 0 rings (SSSR count). The van der Waals surface area contributed by atoms with Crippen LogP contribution in [0.25, 0.3) is 0 Å². The number of rotatable bonds is 48. The van der Waals surface area contributed by atoms with E-state index in [-0.39, 0.29) is 0 Å². The van der Waals surface area contributed by atoms with E-state index in [2.05, 4.69) is 6.92 Å². The van der Waals surface area contributed by atoms with Gasteiger partial charge in [-0.05, 0) is 19.3 Å². The lowest BCUT2D eigenvalue weighted by molar-refractivity contribution is -0.0264. The topological polar surface area (TPSA) is 92.3 Å². The summed E-state index contributed by atoms with van der Waals surface area (Å²) >= 11 is 5.66. The van der Waals surface area contributed by atoms with Crippen LogP contribution in [0.5, 0.6) is 0 Å². The van der Waals surface area contributed by atoms with Gasteiger partial charge < -0.3 is 47.4 Å². The van der Waals surface area contributed by atoms with Gasteiger partial charge >= 0.3 is 0 Å². The Kier molecular flexibility index (Phi) is 49.8. The van der Waals surface area contributed by atoms with Gasteiger partial charge in [0.2, 0.25) is 0 Å². The van der Waals surface area contributed by atoms with Crippen molar-refractivity contribution in [2.24, 2.45) is 0 Å². The summed E-state index contributed by atoms with van der Waals surface area (Å²) in [6.07, 6.45) is 23.8. The molecule has 0 aliphatic carbocycles. The fourth-order valence-electron chi connectivity index (χ4n) is 5.13. The smallest absolute Gasteiger partial charge is 0.0701 e. The summed E-state index contributed by atoms with van der Waals surface area (Å²) in [4.78, 5) is 0. The Labute approximate surface area is 318 Å². The first kappa shape index (κ1) is 50.9. The van der Waals surface area contributed by atoms with E-state index in [1.807, 2.05) is 0 Å². The van der Waals surface area contributed by atoms with Crippen molar-refractivity contribution in [3.05, 3.63) is 0 Å². The minimum Gasteiger partial charge on any atom is -0.379 e. The van der Waals surface area contributed by atoms with Crippen molar-refractivity contribution in [3.8, 4) is 0 Å². The zero-order valence-corrected chi connectivity index (χ0v) is 33.8. The molecule has 0 bridgehead atoms. The van der Waals surface area contributed by atoms with Crippen molar-refractivity contribution in [3.63, 3.8) is 0 Å². The quantitative estimate of drug-likeness (QED) is 0.0445. The maximum atomic E-state index is 5.68. The molecule has 0 saturated heterocycles. The second kappa shape index (κ2) is 49.9. The van der Waals surface area contributed by atoms with Gasteiger partial charge in [0, 0.05) is 19.1 Å². The number of hydrogen-bond donors (Lipinski definition) is 0. The number of unbranched alkanes of at least 4 members (excludes halogenated alkanes) is 16. The highest BCUT2D eigenvalue weighted by atomic mass is 35.5. The molecule has 0 spiro atoms. The van der Waals surface area contributed by atoms with E-state index in [0.717, 1.165) is 38.4 Å². The highest BCUT2D eigenvalue weighted by Crippen LogP contribution is 2.13. The Balaban J connectivity index is 3.04. The van der Waals surface area contributed by atoms with E-state index in [4.69, 9.17) is 59.0 Å². The first-order chi connectivity index (χ1) is 25.4. The standard InChI is InChI=1S/C40H81ClO10/c1-2-3-4-5-6-7-8-9-10-11-12-13-15-18-21-42-23-25-44-27-29-46-31-33-48-35-37-50-39-40-51-38-36-49-34-32-47-30-28-45-26-24-43-22-19-16-14-17-20-41/h2-40H2,1H3. The molecular formula is C40H81ClO10. The molecule has 0 aromatic rings. The van der Waals surface area contributed by atoms with Crippen LogP contribution in [0.4, 0.5) is 0 Å². The van der Waals surface area contributed by atoms with E-state index < -0.39 is 0 Å². The van der Waals surface area contributed by atoms with Crippen molar-refractivity contribution < 1.29 is 47.4 Å². The molecule has 0 heterocycles. The third-order valence-electron chi connectivity index (χ3n) is 8.16. The Hall–Kier alpha value is -0.110. The highest BCUT2D eigenvalue weighted by Gasteiger charge is 1.98. The van der Waals surface area contributed by atoms with E-state index in [9.17, 15) is 0 Å². The molecule has 0 aromatic heterocycles. The van der Waals surface area contributed by atoms with Gasteiger partial charge in [-0.2, -0.15) is 0 Å². The Morgan fingerprint density at radius 1 is 0.216 bits per heavy atom. The van der Waals surface area contributed by atoms with Crippen molar-refractivity contribution in [2.75, 3.05) is 138 Å². The molecule has 0 radical (unpaired) electrons. The van der Waals surface area contributed by atoms with Crippen LogP contribution in [0.2, 0.25) is 0 Å². The third-order valence-corrected chi connectivity index (χ3v) is 8.43. The van der Waals surface area contributed by atoms with Gasteiger partial charge in [0.05, 0.1) is 119 Å². The second-order valence-corrected chi connectivity index (χ2v) is 13.2. The first-order valence-corrected chi connectivity index (χ1v) is 21.3. The van der Waals surface area contributed by atoms with Crippen LogP contribution < -0.4 is 0 Å². The van der Waals surface area contributed by atoms with Crippen LogP contribution in [-0.4, -0.2) is 138 Å². The van der Waals surface area contributed by atoms with Crippen molar-refractivity contribution >= 4 is 11.6 Å². The van der Waals surface area contributed by atoms with Crippen molar-refractivity contribution in [1.82, 2.24) is 0 Å². The van der Waals surface area contributed by atoms with Crippen LogP contribution in [0.1, 0.15) is 122 Å². The van der Waals surface area contributed by atoms with E-state index in [1.54, 1.807) is 0 Å². The maximum absolute atomic E-state index is 5.68. The molecule has 0 aliphatic heterocycles. The van der Waals surface area contributed by atoms with Crippen LogP contribution in [0.3, 0.4) is 0 Å². The van der Waals surface area contributed by atoms with E-state index >= 15 is 0 Å². The van der Waals surface area contributed by atoms with Gasteiger partial charge in [0.15, 0.2) is 0 Å². The molecule has 0 amide bonds. The van der Waals surface area contributed by atoms with Gasteiger partial charge in [-0.25, -0.2) is 0 Å². The molecule has 0 fully saturated rings. The number of hydrogen-bond acceptors (Lipinski definition) is 10. The molecular weight excluding hydrogens is 676 g/mol.